The molecular weight excluding hydrogens is 252 g/mol. The van der Waals surface area contributed by atoms with Crippen LogP contribution in [-0.4, -0.2) is 10.1 Å². The van der Waals surface area contributed by atoms with Crippen molar-refractivity contribution in [1.82, 2.24) is 4.98 Å². The maximum Gasteiger partial charge on any atom is 0.104 e. The van der Waals surface area contributed by atoms with E-state index < -0.39 is 0 Å². The lowest BCUT2D eigenvalue weighted by molar-refractivity contribution is 0.286. The third-order valence-corrected chi connectivity index (χ3v) is 3.31. The maximum atomic E-state index is 8.98. The topological polar surface area (TPSA) is 59.1 Å². The van der Waals surface area contributed by atoms with Gasteiger partial charge in [0.05, 0.1) is 21.9 Å². The molecule has 13 heavy (non-hydrogen) atoms. The van der Waals surface area contributed by atoms with Gasteiger partial charge in [-0.1, -0.05) is 0 Å². The number of hydrogen-bond acceptors (Lipinski definition) is 4. The number of nitrogen functional groups attached to an aromatic ring is 1. The van der Waals surface area contributed by atoms with Crippen LogP contribution in [0.1, 0.15) is 4.88 Å². The van der Waals surface area contributed by atoms with Gasteiger partial charge in [-0.3, -0.25) is 4.98 Å². The average molecular weight is 259 g/mol. The molecule has 0 saturated heterocycles. The summed E-state index contributed by atoms with van der Waals surface area (Å²) in [5, 5.41) is 8.98. The van der Waals surface area contributed by atoms with Crippen molar-refractivity contribution in [2.24, 2.45) is 0 Å². The van der Waals surface area contributed by atoms with Crippen LogP contribution in [0.5, 0.6) is 0 Å². The number of pyridine rings is 1. The summed E-state index contributed by atoms with van der Waals surface area (Å²) in [6.45, 7) is -0.0233. The molecule has 68 valence electrons. The molecule has 2 heterocycles. The van der Waals surface area contributed by atoms with Crippen LogP contribution < -0.4 is 5.73 Å². The molecule has 0 spiro atoms. The zero-order valence-electron chi connectivity index (χ0n) is 6.62. The minimum Gasteiger partial charge on any atom is -0.396 e. The number of thiophene rings is 1. The molecule has 0 radical (unpaired) electrons. The molecule has 5 heteroatoms. The van der Waals surface area contributed by atoms with Crippen molar-refractivity contribution < 1.29 is 5.11 Å². The summed E-state index contributed by atoms with van der Waals surface area (Å²) in [5.41, 5.74) is 7.14. The predicted molar refractivity (Wildman–Crippen MR) is 57.7 cm³/mol. The molecule has 0 aliphatic heterocycles. The van der Waals surface area contributed by atoms with E-state index in [9.17, 15) is 0 Å². The molecule has 0 fully saturated rings. The van der Waals surface area contributed by atoms with Gasteiger partial charge in [0.15, 0.2) is 0 Å². The molecule has 0 aliphatic rings. The first-order valence-corrected chi connectivity index (χ1v) is 5.26. The number of rotatable bonds is 1. The molecule has 3 nitrogen and oxygen atoms in total. The highest BCUT2D eigenvalue weighted by atomic mass is 79.9. The number of nitrogens with zero attached hydrogens (tertiary/aromatic N) is 1. The quantitative estimate of drug-likeness (QED) is 0.824. The number of halogens is 1. The van der Waals surface area contributed by atoms with Crippen LogP contribution in [0.25, 0.3) is 10.2 Å². The lowest BCUT2D eigenvalue weighted by atomic mass is 10.3. The summed E-state index contributed by atoms with van der Waals surface area (Å²) < 4.78 is 1.92. The van der Waals surface area contributed by atoms with E-state index in [0.717, 1.165) is 19.6 Å². The third-order valence-electron chi connectivity index (χ3n) is 1.75. The number of anilines is 1. The van der Waals surface area contributed by atoms with Gasteiger partial charge < -0.3 is 10.8 Å². The van der Waals surface area contributed by atoms with Crippen LogP contribution in [-0.2, 0) is 6.61 Å². The second-order valence-corrected chi connectivity index (χ2v) is 4.65. The number of aliphatic hydroxyl groups excluding tert-OH is 1. The standard InChI is InChI=1S/C8H7BrN2OS/c9-4-1-5-8(11-2-4)7(10)6(3-12)13-5/h1-2,12H,3,10H2. The molecular formula is C8H7BrN2OS. The first kappa shape index (κ1) is 8.93. The Hall–Kier alpha value is -0.650. The van der Waals surface area contributed by atoms with Crippen molar-refractivity contribution >= 4 is 43.2 Å². The zero-order valence-corrected chi connectivity index (χ0v) is 9.02. The molecule has 2 aromatic heterocycles. The van der Waals surface area contributed by atoms with Gasteiger partial charge in [-0.05, 0) is 22.0 Å². The van der Waals surface area contributed by atoms with Crippen LogP contribution >= 0.6 is 27.3 Å². The Bertz CT molecular complexity index is 455. The molecule has 2 rings (SSSR count). The summed E-state index contributed by atoms with van der Waals surface area (Å²) in [6, 6.07) is 1.95. The van der Waals surface area contributed by atoms with Crippen LogP contribution in [0.15, 0.2) is 16.7 Å². The van der Waals surface area contributed by atoms with E-state index in [1.165, 1.54) is 11.3 Å². The summed E-state index contributed by atoms with van der Waals surface area (Å²) in [5.74, 6) is 0. The molecule has 0 aromatic carbocycles. The molecule has 0 bridgehead atoms. The fourth-order valence-electron chi connectivity index (χ4n) is 1.14. The van der Waals surface area contributed by atoms with E-state index in [-0.39, 0.29) is 6.61 Å². The highest BCUT2D eigenvalue weighted by molar-refractivity contribution is 9.10. The fraction of sp³-hybridized carbons (Fsp3) is 0.125. The molecule has 0 atom stereocenters. The van der Waals surface area contributed by atoms with Gasteiger partial charge in [0.2, 0.25) is 0 Å². The summed E-state index contributed by atoms with van der Waals surface area (Å²) in [7, 11) is 0. The average Bonchev–Trinajstić information content (AvgIpc) is 2.42. The van der Waals surface area contributed by atoms with Gasteiger partial charge >= 0.3 is 0 Å². The highest BCUT2D eigenvalue weighted by Crippen LogP contribution is 2.33. The van der Waals surface area contributed by atoms with Gasteiger partial charge in [-0.25, -0.2) is 0 Å². The van der Waals surface area contributed by atoms with Crippen LogP contribution in [0.4, 0.5) is 5.69 Å². The molecule has 0 unspecified atom stereocenters. The summed E-state index contributed by atoms with van der Waals surface area (Å²) >= 11 is 4.80. The maximum absolute atomic E-state index is 8.98. The molecule has 0 saturated carbocycles. The second-order valence-electron chi connectivity index (χ2n) is 2.60. The minimum absolute atomic E-state index is 0.0233. The van der Waals surface area contributed by atoms with Gasteiger partial charge in [-0.15, -0.1) is 11.3 Å². The van der Waals surface area contributed by atoms with Gasteiger partial charge in [0, 0.05) is 10.7 Å². The first-order chi connectivity index (χ1) is 6.22. The first-order valence-electron chi connectivity index (χ1n) is 3.65. The van der Waals surface area contributed by atoms with Crippen molar-refractivity contribution in [1.29, 1.82) is 0 Å². The SMILES string of the molecule is Nc1c(CO)sc2cc(Br)cnc12. The van der Waals surface area contributed by atoms with Crippen LogP contribution in [0, 0.1) is 0 Å². The van der Waals surface area contributed by atoms with Crippen molar-refractivity contribution in [3.8, 4) is 0 Å². The van der Waals surface area contributed by atoms with Crippen molar-refractivity contribution in [2.45, 2.75) is 6.61 Å². The number of aromatic nitrogens is 1. The lowest BCUT2D eigenvalue weighted by Crippen LogP contribution is -1.89. The molecule has 3 N–H and O–H groups in total. The number of fused-ring (bicyclic) bond motifs is 1. The molecule has 2 aromatic rings. The summed E-state index contributed by atoms with van der Waals surface area (Å²) in [6.07, 6.45) is 1.70. The van der Waals surface area contributed by atoms with E-state index in [4.69, 9.17) is 10.8 Å². The van der Waals surface area contributed by atoms with E-state index in [1.807, 2.05) is 6.07 Å². The molecule has 0 aliphatic carbocycles. The Morgan fingerprint density at radius 3 is 3.08 bits per heavy atom. The van der Waals surface area contributed by atoms with Crippen molar-refractivity contribution in [3.05, 3.63) is 21.6 Å². The second kappa shape index (κ2) is 3.25. The normalized spacial score (nSPS) is 10.9. The van der Waals surface area contributed by atoms with Gasteiger partial charge in [-0.2, -0.15) is 0 Å². The van der Waals surface area contributed by atoms with Crippen molar-refractivity contribution in [3.63, 3.8) is 0 Å². The van der Waals surface area contributed by atoms with E-state index in [1.54, 1.807) is 6.20 Å². The smallest absolute Gasteiger partial charge is 0.104 e. The van der Waals surface area contributed by atoms with E-state index in [0.29, 0.717) is 5.69 Å². The van der Waals surface area contributed by atoms with E-state index in [2.05, 4.69) is 20.9 Å². The predicted octanol–water partition coefficient (Wildman–Crippen LogP) is 2.13. The van der Waals surface area contributed by atoms with Crippen molar-refractivity contribution in [2.75, 3.05) is 5.73 Å². The van der Waals surface area contributed by atoms with E-state index >= 15 is 0 Å². The van der Waals surface area contributed by atoms with Crippen LogP contribution in [0.3, 0.4) is 0 Å². The lowest BCUT2D eigenvalue weighted by Gasteiger charge is -1.92. The van der Waals surface area contributed by atoms with Gasteiger partial charge in [0.25, 0.3) is 0 Å². The Morgan fingerprint density at radius 2 is 2.38 bits per heavy atom. The van der Waals surface area contributed by atoms with Gasteiger partial charge in [0.1, 0.15) is 5.52 Å². The third kappa shape index (κ3) is 1.43. The number of aliphatic hydroxyl groups is 1. The Labute approximate surface area is 87.3 Å². The largest absolute Gasteiger partial charge is 0.396 e. The zero-order chi connectivity index (χ0) is 9.42. The summed E-state index contributed by atoms with van der Waals surface area (Å²) in [4.78, 5) is 4.95. The highest BCUT2D eigenvalue weighted by Gasteiger charge is 2.09. The Kier molecular flexibility index (Phi) is 2.23. The fourth-order valence-corrected chi connectivity index (χ4v) is 2.60. The molecule has 0 amide bonds. The Balaban J connectivity index is 2.76. The monoisotopic (exact) mass is 258 g/mol. The minimum atomic E-state index is -0.0233. The van der Waals surface area contributed by atoms with Crippen LogP contribution in [0.2, 0.25) is 0 Å². The number of nitrogens with two attached hydrogens (primary N) is 1. The number of hydrogen-bond donors (Lipinski definition) is 2. The Morgan fingerprint density at radius 1 is 1.62 bits per heavy atom.